The van der Waals surface area contributed by atoms with Crippen molar-refractivity contribution >= 4 is 21.4 Å². The van der Waals surface area contributed by atoms with Gasteiger partial charge in [0.25, 0.3) is 0 Å². The van der Waals surface area contributed by atoms with E-state index in [9.17, 15) is 4.39 Å². The fourth-order valence-electron chi connectivity index (χ4n) is 2.15. The van der Waals surface area contributed by atoms with Crippen molar-refractivity contribution in [1.29, 1.82) is 0 Å². The Bertz CT molecular complexity index is 547. The van der Waals surface area contributed by atoms with Gasteiger partial charge in [0.05, 0.1) is 0 Å². The summed E-state index contributed by atoms with van der Waals surface area (Å²) in [6, 6.07) is 7.46. The van der Waals surface area contributed by atoms with E-state index in [2.05, 4.69) is 24.9 Å². The number of benzene rings is 1. The molecule has 0 spiro atoms. The van der Waals surface area contributed by atoms with Crippen LogP contribution in [-0.2, 0) is 0 Å². The van der Waals surface area contributed by atoms with Crippen molar-refractivity contribution in [3.8, 4) is 0 Å². The third-order valence-corrected chi connectivity index (χ3v) is 4.37. The highest BCUT2D eigenvalue weighted by molar-refractivity contribution is 7.19. The number of halogens is 1. The first-order valence-electron chi connectivity index (χ1n) is 6.78. The predicted molar refractivity (Wildman–Crippen MR) is 82.2 cm³/mol. The van der Waals surface area contributed by atoms with Crippen molar-refractivity contribution in [3.63, 3.8) is 0 Å². The van der Waals surface area contributed by atoms with Gasteiger partial charge in [-0.15, -0.1) is 17.9 Å². The van der Waals surface area contributed by atoms with Crippen LogP contribution in [0.3, 0.4) is 0 Å². The first-order valence-corrected chi connectivity index (χ1v) is 7.59. The number of hydrogen-bond donors (Lipinski definition) is 1. The van der Waals surface area contributed by atoms with E-state index in [1.165, 1.54) is 10.9 Å². The van der Waals surface area contributed by atoms with Gasteiger partial charge in [-0.1, -0.05) is 13.0 Å². The van der Waals surface area contributed by atoms with Crippen molar-refractivity contribution < 1.29 is 4.39 Å². The van der Waals surface area contributed by atoms with E-state index in [1.54, 1.807) is 17.4 Å². The number of nitrogens with one attached hydrogen (secondary N) is 1. The highest BCUT2D eigenvalue weighted by atomic mass is 32.1. The van der Waals surface area contributed by atoms with Crippen LogP contribution in [0.4, 0.5) is 4.39 Å². The summed E-state index contributed by atoms with van der Waals surface area (Å²) in [6.45, 7) is 6.96. The molecule has 3 heteroatoms. The Balaban J connectivity index is 2.23. The summed E-state index contributed by atoms with van der Waals surface area (Å²) in [7, 11) is 0. The Hall–Kier alpha value is -1.19. The van der Waals surface area contributed by atoms with Gasteiger partial charge < -0.3 is 5.32 Å². The zero-order valence-electron chi connectivity index (χ0n) is 11.3. The normalized spacial score (nSPS) is 12.7. The average molecular weight is 277 g/mol. The molecule has 0 aliphatic heterocycles. The Morgan fingerprint density at radius 3 is 3.00 bits per heavy atom. The van der Waals surface area contributed by atoms with Crippen LogP contribution in [0.2, 0.25) is 0 Å². The molecule has 2 rings (SSSR count). The Labute approximate surface area is 118 Å². The topological polar surface area (TPSA) is 12.0 Å². The van der Waals surface area contributed by atoms with Crippen LogP contribution in [0.1, 0.15) is 37.1 Å². The Kier molecular flexibility index (Phi) is 5.11. The van der Waals surface area contributed by atoms with Crippen LogP contribution < -0.4 is 5.32 Å². The van der Waals surface area contributed by atoms with Crippen LogP contribution in [0.15, 0.2) is 36.9 Å². The zero-order chi connectivity index (χ0) is 13.7. The zero-order valence-corrected chi connectivity index (χ0v) is 12.1. The molecule has 1 atom stereocenters. The molecule has 1 unspecified atom stereocenters. The Morgan fingerprint density at radius 1 is 1.42 bits per heavy atom. The first-order chi connectivity index (χ1) is 9.24. The summed E-state index contributed by atoms with van der Waals surface area (Å²) < 4.78 is 14.4. The summed E-state index contributed by atoms with van der Waals surface area (Å²) in [5, 5.41) is 4.57. The minimum atomic E-state index is -0.166. The molecule has 0 aliphatic rings. The third-order valence-electron chi connectivity index (χ3n) is 3.14. The number of hydrogen-bond acceptors (Lipinski definition) is 2. The van der Waals surface area contributed by atoms with Gasteiger partial charge in [-0.05, 0) is 55.5 Å². The highest BCUT2D eigenvalue weighted by Gasteiger charge is 2.13. The van der Waals surface area contributed by atoms with E-state index in [-0.39, 0.29) is 5.82 Å². The summed E-state index contributed by atoms with van der Waals surface area (Å²) in [5.41, 5.74) is 0. The SMILES string of the molecule is C=CCCC(NCCC)c1cc2cc(F)ccc2s1. The molecule has 1 nitrogen and oxygen atoms in total. The second kappa shape index (κ2) is 6.83. The van der Waals surface area contributed by atoms with Gasteiger partial charge in [0.2, 0.25) is 0 Å². The van der Waals surface area contributed by atoms with Gasteiger partial charge in [-0.2, -0.15) is 0 Å². The fraction of sp³-hybridized carbons (Fsp3) is 0.375. The monoisotopic (exact) mass is 277 g/mol. The van der Waals surface area contributed by atoms with E-state index >= 15 is 0 Å². The lowest BCUT2D eigenvalue weighted by molar-refractivity contribution is 0.510. The van der Waals surface area contributed by atoms with Crippen molar-refractivity contribution in [1.82, 2.24) is 5.32 Å². The standard InChI is InChI=1S/C16H20FNS/c1-3-5-6-14(18-9-4-2)16-11-12-10-13(17)7-8-15(12)19-16/h3,7-8,10-11,14,18H,1,4-6,9H2,2H3. The maximum atomic E-state index is 13.2. The number of fused-ring (bicyclic) bond motifs is 1. The molecule has 0 fully saturated rings. The number of thiophene rings is 1. The van der Waals surface area contributed by atoms with E-state index in [1.807, 2.05) is 12.1 Å². The van der Waals surface area contributed by atoms with Crippen LogP contribution in [0.25, 0.3) is 10.1 Å². The maximum Gasteiger partial charge on any atom is 0.123 e. The number of rotatable bonds is 7. The molecule has 1 aromatic heterocycles. The maximum absolute atomic E-state index is 13.2. The largest absolute Gasteiger partial charge is 0.309 e. The van der Waals surface area contributed by atoms with E-state index in [0.717, 1.165) is 35.9 Å². The molecular formula is C16H20FNS. The third kappa shape index (κ3) is 3.64. The lowest BCUT2D eigenvalue weighted by Crippen LogP contribution is -2.21. The molecule has 1 N–H and O–H groups in total. The average Bonchev–Trinajstić information content (AvgIpc) is 2.81. The quantitative estimate of drug-likeness (QED) is 0.698. The predicted octanol–water partition coefficient (Wildman–Crippen LogP) is 5.05. The van der Waals surface area contributed by atoms with Crippen molar-refractivity contribution in [2.24, 2.45) is 0 Å². The molecule has 0 saturated heterocycles. The van der Waals surface area contributed by atoms with Gasteiger partial charge in [0.15, 0.2) is 0 Å². The molecule has 0 aliphatic carbocycles. The minimum absolute atomic E-state index is 0.166. The lowest BCUT2D eigenvalue weighted by Gasteiger charge is -2.16. The second-order valence-corrected chi connectivity index (χ2v) is 5.82. The summed E-state index contributed by atoms with van der Waals surface area (Å²) in [6.07, 6.45) is 5.10. The van der Waals surface area contributed by atoms with E-state index in [0.29, 0.717) is 6.04 Å². The molecule has 1 heterocycles. The van der Waals surface area contributed by atoms with Gasteiger partial charge in [0, 0.05) is 15.6 Å². The van der Waals surface area contributed by atoms with Crippen molar-refractivity contribution in [2.45, 2.75) is 32.2 Å². The lowest BCUT2D eigenvalue weighted by atomic mass is 10.1. The molecular weight excluding hydrogens is 257 g/mol. The van der Waals surface area contributed by atoms with Crippen molar-refractivity contribution in [2.75, 3.05) is 6.54 Å². The van der Waals surface area contributed by atoms with Gasteiger partial charge >= 0.3 is 0 Å². The van der Waals surface area contributed by atoms with Gasteiger partial charge in [0.1, 0.15) is 5.82 Å². The summed E-state index contributed by atoms with van der Waals surface area (Å²) in [4.78, 5) is 1.29. The van der Waals surface area contributed by atoms with Crippen LogP contribution >= 0.6 is 11.3 Å². The highest BCUT2D eigenvalue weighted by Crippen LogP contribution is 2.32. The van der Waals surface area contributed by atoms with Crippen LogP contribution in [0, 0.1) is 5.82 Å². The number of allylic oxidation sites excluding steroid dienone is 1. The minimum Gasteiger partial charge on any atom is -0.309 e. The molecule has 1 aromatic carbocycles. The first kappa shape index (κ1) is 14.2. The van der Waals surface area contributed by atoms with Gasteiger partial charge in [-0.3, -0.25) is 0 Å². The van der Waals surface area contributed by atoms with Crippen LogP contribution in [-0.4, -0.2) is 6.54 Å². The van der Waals surface area contributed by atoms with E-state index in [4.69, 9.17) is 0 Å². The second-order valence-electron chi connectivity index (χ2n) is 4.70. The summed E-state index contributed by atoms with van der Waals surface area (Å²) in [5.74, 6) is -0.166. The Morgan fingerprint density at radius 2 is 2.26 bits per heavy atom. The van der Waals surface area contributed by atoms with Gasteiger partial charge in [-0.25, -0.2) is 4.39 Å². The molecule has 0 radical (unpaired) electrons. The van der Waals surface area contributed by atoms with Crippen LogP contribution in [0.5, 0.6) is 0 Å². The van der Waals surface area contributed by atoms with E-state index < -0.39 is 0 Å². The van der Waals surface area contributed by atoms with Crippen molar-refractivity contribution in [3.05, 3.63) is 47.6 Å². The molecule has 0 amide bonds. The molecule has 0 bridgehead atoms. The summed E-state index contributed by atoms with van der Waals surface area (Å²) >= 11 is 1.75. The smallest absolute Gasteiger partial charge is 0.123 e. The molecule has 19 heavy (non-hydrogen) atoms. The molecule has 2 aromatic rings. The fourth-order valence-corrected chi connectivity index (χ4v) is 3.31. The molecule has 102 valence electrons. The molecule has 0 saturated carbocycles.